The van der Waals surface area contributed by atoms with E-state index in [0.717, 1.165) is 13.0 Å². The Hall–Kier alpha value is -0.120. The first kappa shape index (κ1) is 14.9. The van der Waals surface area contributed by atoms with E-state index in [4.69, 9.17) is 5.73 Å². The second-order valence-corrected chi connectivity index (χ2v) is 5.59. The lowest BCUT2D eigenvalue weighted by Crippen LogP contribution is -2.53. The van der Waals surface area contributed by atoms with Gasteiger partial charge in [0.05, 0.1) is 0 Å². The summed E-state index contributed by atoms with van der Waals surface area (Å²) in [6.07, 6.45) is 5.13. The molecular weight excluding hydrogens is 210 g/mol. The van der Waals surface area contributed by atoms with Crippen molar-refractivity contribution in [1.29, 1.82) is 0 Å². The first-order valence-corrected chi connectivity index (χ1v) is 7.33. The number of nitrogens with zero attached hydrogens (tertiary/aromatic N) is 2. The summed E-state index contributed by atoms with van der Waals surface area (Å²) in [6.45, 7) is 13.8. The van der Waals surface area contributed by atoms with E-state index in [9.17, 15) is 0 Å². The van der Waals surface area contributed by atoms with Crippen LogP contribution >= 0.6 is 0 Å². The Morgan fingerprint density at radius 1 is 1.18 bits per heavy atom. The van der Waals surface area contributed by atoms with Crippen LogP contribution in [0.5, 0.6) is 0 Å². The Kier molecular flexibility index (Phi) is 6.45. The lowest BCUT2D eigenvalue weighted by molar-refractivity contribution is 0.0933. The fourth-order valence-electron chi connectivity index (χ4n) is 2.69. The first-order chi connectivity index (χ1) is 8.16. The van der Waals surface area contributed by atoms with Crippen LogP contribution in [0.25, 0.3) is 0 Å². The van der Waals surface area contributed by atoms with Crippen molar-refractivity contribution in [3.63, 3.8) is 0 Å². The molecule has 1 heterocycles. The van der Waals surface area contributed by atoms with Crippen LogP contribution in [0.15, 0.2) is 0 Å². The average molecular weight is 241 g/mol. The van der Waals surface area contributed by atoms with Gasteiger partial charge < -0.3 is 10.6 Å². The van der Waals surface area contributed by atoms with Gasteiger partial charge in [-0.25, -0.2) is 0 Å². The highest BCUT2D eigenvalue weighted by atomic mass is 15.2. The average Bonchev–Trinajstić information content (AvgIpc) is 2.86. The molecule has 0 bridgehead atoms. The second kappa shape index (κ2) is 7.34. The number of rotatable bonds is 8. The zero-order valence-electron chi connectivity index (χ0n) is 12.0. The molecule has 0 saturated carbocycles. The normalized spacial score (nSPS) is 21.0. The molecule has 0 amide bonds. The Balaban J connectivity index is 2.46. The van der Waals surface area contributed by atoms with Gasteiger partial charge in [-0.2, -0.15) is 0 Å². The zero-order chi connectivity index (χ0) is 12.7. The molecule has 0 aromatic carbocycles. The summed E-state index contributed by atoms with van der Waals surface area (Å²) >= 11 is 0. The predicted molar refractivity (Wildman–Crippen MR) is 75.3 cm³/mol. The molecule has 1 rings (SSSR count). The zero-order valence-corrected chi connectivity index (χ0v) is 12.0. The van der Waals surface area contributed by atoms with Crippen LogP contribution in [-0.2, 0) is 0 Å². The summed E-state index contributed by atoms with van der Waals surface area (Å²) in [5.74, 6) is 0. The van der Waals surface area contributed by atoms with Crippen molar-refractivity contribution < 1.29 is 0 Å². The molecular formula is C14H31N3. The monoisotopic (exact) mass is 241 g/mol. The highest BCUT2D eigenvalue weighted by molar-refractivity contribution is 4.86. The van der Waals surface area contributed by atoms with Crippen molar-refractivity contribution >= 4 is 0 Å². The van der Waals surface area contributed by atoms with Gasteiger partial charge in [-0.3, -0.25) is 4.90 Å². The van der Waals surface area contributed by atoms with Gasteiger partial charge in [0, 0.05) is 25.2 Å². The number of hydrogen-bond acceptors (Lipinski definition) is 3. The van der Waals surface area contributed by atoms with E-state index >= 15 is 0 Å². The molecule has 0 aromatic rings. The molecule has 1 aliphatic heterocycles. The molecule has 1 aliphatic rings. The van der Waals surface area contributed by atoms with Crippen molar-refractivity contribution in [3.05, 3.63) is 0 Å². The van der Waals surface area contributed by atoms with Crippen molar-refractivity contribution in [2.45, 2.75) is 52.0 Å². The SMILES string of the molecule is CCCN(CCN1CCCC1)C(C)(CC)CN. The minimum Gasteiger partial charge on any atom is -0.329 e. The Labute approximate surface area is 107 Å². The van der Waals surface area contributed by atoms with Gasteiger partial charge in [0.2, 0.25) is 0 Å². The van der Waals surface area contributed by atoms with Gasteiger partial charge in [-0.15, -0.1) is 0 Å². The van der Waals surface area contributed by atoms with E-state index in [-0.39, 0.29) is 5.54 Å². The smallest absolute Gasteiger partial charge is 0.0301 e. The highest BCUT2D eigenvalue weighted by Gasteiger charge is 2.28. The molecule has 0 radical (unpaired) electrons. The lowest BCUT2D eigenvalue weighted by Gasteiger charge is -2.41. The van der Waals surface area contributed by atoms with Crippen molar-refractivity contribution in [2.24, 2.45) is 5.73 Å². The quantitative estimate of drug-likeness (QED) is 0.705. The van der Waals surface area contributed by atoms with E-state index in [1.54, 1.807) is 0 Å². The molecule has 0 spiro atoms. The van der Waals surface area contributed by atoms with Gasteiger partial charge in [-0.05, 0) is 52.2 Å². The number of nitrogens with two attached hydrogens (primary N) is 1. The van der Waals surface area contributed by atoms with Crippen LogP contribution in [-0.4, -0.2) is 54.6 Å². The maximum Gasteiger partial charge on any atom is 0.0301 e. The summed E-state index contributed by atoms with van der Waals surface area (Å²) in [5.41, 5.74) is 6.17. The third kappa shape index (κ3) is 4.23. The highest BCUT2D eigenvalue weighted by Crippen LogP contribution is 2.19. The van der Waals surface area contributed by atoms with Crippen LogP contribution in [0.3, 0.4) is 0 Å². The summed E-state index contributed by atoms with van der Waals surface area (Å²) in [4.78, 5) is 5.20. The van der Waals surface area contributed by atoms with Crippen LogP contribution in [0.1, 0.15) is 46.5 Å². The van der Waals surface area contributed by atoms with E-state index in [0.29, 0.717) is 0 Å². The van der Waals surface area contributed by atoms with Gasteiger partial charge in [-0.1, -0.05) is 13.8 Å². The molecule has 1 fully saturated rings. The van der Waals surface area contributed by atoms with Crippen LogP contribution in [0, 0.1) is 0 Å². The van der Waals surface area contributed by atoms with Crippen molar-refractivity contribution in [2.75, 3.05) is 39.3 Å². The molecule has 3 nitrogen and oxygen atoms in total. The molecule has 1 unspecified atom stereocenters. The molecule has 0 aliphatic carbocycles. The lowest BCUT2D eigenvalue weighted by atomic mass is 9.96. The van der Waals surface area contributed by atoms with Crippen LogP contribution < -0.4 is 5.73 Å². The molecule has 0 aromatic heterocycles. The fraction of sp³-hybridized carbons (Fsp3) is 1.00. The van der Waals surface area contributed by atoms with Crippen LogP contribution in [0.2, 0.25) is 0 Å². The van der Waals surface area contributed by atoms with E-state index < -0.39 is 0 Å². The van der Waals surface area contributed by atoms with Gasteiger partial charge >= 0.3 is 0 Å². The van der Waals surface area contributed by atoms with Gasteiger partial charge in [0.15, 0.2) is 0 Å². The number of hydrogen-bond donors (Lipinski definition) is 1. The van der Waals surface area contributed by atoms with E-state index in [2.05, 4.69) is 30.6 Å². The Bertz CT molecular complexity index is 196. The molecule has 1 saturated heterocycles. The maximum absolute atomic E-state index is 5.98. The Morgan fingerprint density at radius 3 is 2.29 bits per heavy atom. The fourth-order valence-corrected chi connectivity index (χ4v) is 2.69. The van der Waals surface area contributed by atoms with Gasteiger partial charge in [0.25, 0.3) is 0 Å². The van der Waals surface area contributed by atoms with E-state index in [1.165, 1.54) is 52.0 Å². The first-order valence-electron chi connectivity index (χ1n) is 7.33. The topological polar surface area (TPSA) is 32.5 Å². The molecule has 2 N–H and O–H groups in total. The third-order valence-electron chi connectivity index (χ3n) is 4.34. The summed E-state index contributed by atoms with van der Waals surface area (Å²) in [7, 11) is 0. The molecule has 102 valence electrons. The van der Waals surface area contributed by atoms with Crippen LogP contribution in [0.4, 0.5) is 0 Å². The minimum absolute atomic E-state index is 0.190. The molecule has 17 heavy (non-hydrogen) atoms. The Morgan fingerprint density at radius 2 is 1.82 bits per heavy atom. The second-order valence-electron chi connectivity index (χ2n) is 5.59. The van der Waals surface area contributed by atoms with Gasteiger partial charge in [0.1, 0.15) is 0 Å². The molecule has 1 atom stereocenters. The number of likely N-dealkylation sites (tertiary alicyclic amines) is 1. The predicted octanol–water partition coefficient (Wildman–Crippen LogP) is 1.92. The van der Waals surface area contributed by atoms with E-state index in [1.807, 2.05) is 0 Å². The van der Waals surface area contributed by atoms with Crippen molar-refractivity contribution in [1.82, 2.24) is 9.80 Å². The summed E-state index contributed by atoms with van der Waals surface area (Å²) in [6, 6.07) is 0. The van der Waals surface area contributed by atoms with Crippen molar-refractivity contribution in [3.8, 4) is 0 Å². The maximum atomic E-state index is 5.98. The minimum atomic E-state index is 0.190. The molecule has 3 heteroatoms. The standard InChI is InChI=1S/C14H31N3/c1-4-8-17(14(3,5-2)13-15)12-11-16-9-6-7-10-16/h4-13,15H2,1-3H3. The third-order valence-corrected chi connectivity index (χ3v) is 4.34. The summed E-state index contributed by atoms with van der Waals surface area (Å²) < 4.78 is 0. The largest absolute Gasteiger partial charge is 0.329 e. The summed E-state index contributed by atoms with van der Waals surface area (Å²) in [5, 5.41) is 0.